The van der Waals surface area contributed by atoms with Crippen molar-refractivity contribution in [1.82, 2.24) is 9.55 Å². The molecule has 4 nitrogen and oxygen atoms in total. The van der Waals surface area contributed by atoms with Crippen LogP contribution < -0.4 is 0 Å². The van der Waals surface area contributed by atoms with Crippen LogP contribution >= 0.6 is 0 Å². The van der Waals surface area contributed by atoms with Gasteiger partial charge in [-0.1, -0.05) is 54.6 Å². The Bertz CT molecular complexity index is 1080. The predicted molar refractivity (Wildman–Crippen MR) is 103 cm³/mol. The molecule has 0 aliphatic rings. The number of imidazole rings is 1. The Labute approximate surface area is 151 Å². The number of benzene rings is 3. The van der Waals surface area contributed by atoms with E-state index >= 15 is 0 Å². The van der Waals surface area contributed by atoms with Gasteiger partial charge >= 0.3 is 0 Å². The minimum Gasteiger partial charge on any atom is -0.388 e. The lowest BCUT2D eigenvalue weighted by atomic mass is 10.0. The van der Waals surface area contributed by atoms with Crippen LogP contribution in [0.25, 0.3) is 33.5 Å². The second kappa shape index (κ2) is 6.58. The maximum atomic E-state index is 11.7. The molecule has 0 atom stereocenters. The molecule has 4 aromatic rings. The fraction of sp³-hybridized carbons (Fsp3) is 0.0909. The van der Waals surface area contributed by atoms with Gasteiger partial charge in [0.15, 0.2) is 5.78 Å². The average Bonchev–Trinajstić information content (AvgIpc) is 3.04. The lowest BCUT2D eigenvalue weighted by molar-refractivity contribution is 0.0904. The van der Waals surface area contributed by atoms with Gasteiger partial charge in [0.1, 0.15) is 12.4 Å². The fourth-order valence-corrected chi connectivity index (χ4v) is 3.17. The fourth-order valence-electron chi connectivity index (χ4n) is 3.17. The number of carbonyl (C=O) groups excluding carboxylic acids is 1. The normalized spacial score (nSPS) is 11.0. The molecule has 0 aliphatic carbocycles. The highest BCUT2D eigenvalue weighted by Crippen LogP contribution is 2.27. The van der Waals surface area contributed by atoms with Gasteiger partial charge in [0.05, 0.1) is 11.0 Å². The Morgan fingerprint density at radius 2 is 1.58 bits per heavy atom. The number of aliphatic hydroxyl groups excluding tert-OH is 1. The molecule has 26 heavy (non-hydrogen) atoms. The average molecular weight is 342 g/mol. The van der Waals surface area contributed by atoms with Crippen LogP contribution in [0.15, 0.2) is 72.8 Å². The number of rotatable bonds is 4. The van der Waals surface area contributed by atoms with Crippen LogP contribution in [0, 0.1) is 0 Å². The van der Waals surface area contributed by atoms with Crippen molar-refractivity contribution in [2.45, 2.75) is 0 Å². The first-order valence-electron chi connectivity index (χ1n) is 8.44. The van der Waals surface area contributed by atoms with Gasteiger partial charge in [-0.15, -0.1) is 0 Å². The van der Waals surface area contributed by atoms with E-state index in [1.165, 1.54) is 5.56 Å². The highest BCUT2D eigenvalue weighted by Gasteiger charge is 2.12. The third kappa shape index (κ3) is 2.80. The van der Waals surface area contributed by atoms with Crippen molar-refractivity contribution in [3.05, 3.63) is 78.4 Å². The molecule has 0 amide bonds. The summed E-state index contributed by atoms with van der Waals surface area (Å²) >= 11 is 0. The molecule has 4 heteroatoms. The topological polar surface area (TPSA) is 55.1 Å². The number of Topliss-reactive ketones (excluding diaryl/α,β-unsaturated/α-hetero) is 1. The van der Waals surface area contributed by atoms with Gasteiger partial charge in [-0.3, -0.25) is 4.79 Å². The van der Waals surface area contributed by atoms with Crippen LogP contribution in [0.3, 0.4) is 0 Å². The highest BCUT2D eigenvalue weighted by molar-refractivity contribution is 6.00. The summed E-state index contributed by atoms with van der Waals surface area (Å²) in [6, 6.07) is 23.9. The molecule has 0 unspecified atom stereocenters. The van der Waals surface area contributed by atoms with Crippen LogP contribution in [0.2, 0.25) is 0 Å². The summed E-state index contributed by atoms with van der Waals surface area (Å²) in [4.78, 5) is 16.4. The van der Waals surface area contributed by atoms with Crippen molar-refractivity contribution in [1.29, 1.82) is 0 Å². The number of carbonyl (C=O) groups is 1. The Morgan fingerprint density at radius 1 is 0.923 bits per heavy atom. The Balaban J connectivity index is 1.74. The molecule has 128 valence electrons. The highest BCUT2D eigenvalue weighted by atomic mass is 16.3. The predicted octanol–water partition coefficient (Wildman–Crippen LogP) is 4.08. The molecule has 1 N–H and O–H groups in total. The molecule has 1 aromatic heterocycles. The first kappa shape index (κ1) is 16.2. The summed E-state index contributed by atoms with van der Waals surface area (Å²) in [6.07, 6.45) is 0. The number of fused-ring (bicyclic) bond motifs is 1. The number of aromatic nitrogens is 2. The van der Waals surface area contributed by atoms with E-state index in [1.54, 1.807) is 12.1 Å². The minimum atomic E-state index is -0.494. The van der Waals surface area contributed by atoms with Crippen LogP contribution in [-0.2, 0) is 7.05 Å². The molecule has 0 saturated heterocycles. The summed E-state index contributed by atoms with van der Waals surface area (Å²) < 4.78 is 2.01. The molecular formula is C22H18N2O2. The van der Waals surface area contributed by atoms with Crippen molar-refractivity contribution in [3.8, 4) is 22.5 Å². The molecule has 3 aromatic carbocycles. The summed E-state index contributed by atoms with van der Waals surface area (Å²) in [7, 11) is 1.96. The summed E-state index contributed by atoms with van der Waals surface area (Å²) in [5, 5.41) is 9.04. The molecule has 0 bridgehead atoms. The molecule has 0 radical (unpaired) electrons. The molecule has 0 fully saturated rings. The van der Waals surface area contributed by atoms with E-state index in [0.717, 1.165) is 28.0 Å². The maximum absolute atomic E-state index is 11.7. The van der Waals surface area contributed by atoms with Gasteiger partial charge in [-0.2, -0.15) is 0 Å². The quantitative estimate of drug-likeness (QED) is 0.569. The monoisotopic (exact) mass is 342 g/mol. The Hall–Kier alpha value is -3.24. The standard InChI is InChI=1S/C22H18N2O2/c1-24-20-12-11-18(21(26)14-25)13-19(20)23-22(24)17-9-7-16(8-10-17)15-5-3-2-4-6-15/h2-13,25H,14H2,1H3. The molecule has 1 heterocycles. The largest absolute Gasteiger partial charge is 0.388 e. The molecule has 0 spiro atoms. The number of ketones is 1. The van der Waals surface area contributed by atoms with Crippen LogP contribution in [0.5, 0.6) is 0 Å². The van der Waals surface area contributed by atoms with Crippen LogP contribution in [0.4, 0.5) is 0 Å². The second-order valence-electron chi connectivity index (χ2n) is 6.22. The van der Waals surface area contributed by atoms with Crippen LogP contribution in [0.1, 0.15) is 10.4 Å². The van der Waals surface area contributed by atoms with E-state index in [0.29, 0.717) is 5.56 Å². The smallest absolute Gasteiger partial charge is 0.188 e. The number of hydrogen-bond donors (Lipinski definition) is 1. The van der Waals surface area contributed by atoms with Crippen molar-refractivity contribution in [2.75, 3.05) is 6.61 Å². The maximum Gasteiger partial charge on any atom is 0.188 e. The lowest BCUT2D eigenvalue weighted by Crippen LogP contribution is -2.03. The van der Waals surface area contributed by atoms with E-state index in [-0.39, 0.29) is 5.78 Å². The van der Waals surface area contributed by atoms with E-state index in [9.17, 15) is 4.79 Å². The van der Waals surface area contributed by atoms with Crippen molar-refractivity contribution in [2.24, 2.45) is 7.05 Å². The zero-order chi connectivity index (χ0) is 18.1. The van der Waals surface area contributed by atoms with Crippen molar-refractivity contribution < 1.29 is 9.90 Å². The third-order valence-corrected chi connectivity index (χ3v) is 4.60. The second-order valence-corrected chi connectivity index (χ2v) is 6.22. The zero-order valence-corrected chi connectivity index (χ0v) is 14.4. The minimum absolute atomic E-state index is 0.300. The zero-order valence-electron chi connectivity index (χ0n) is 14.4. The summed E-state index contributed by atoms with van der Waals surface area (Å²) in [5.74, 6) is 0.541. The number of nitrogens with zero attached hydrogens (tertiary/aromatic N) is 2. The van der Waals surface area contributed by atoms with Gasteiger partial charge in [0, 0.05) is 18.2 Å². The van der Waals surface area contributed by atoms with Gasteiger partial charge in [0.2, 0.25) is 0 Å². The molecule has 0 saturated carbocycles. The van der Waals surface area contributed by atoms with Gasteiger partial charge in [0.25, 0.3) is 0 Å². The van der Waals surface area contributed by atoms with Gasteiger partial charge in [-0.25, -0.2) is 4.98 Å². The van der Waals surface area contributed by atoms with Crippen molar-refractivity contribution in [3.63, 3.8) is 0 Å². The van der Waals surface area contributed by atoms with E-state index in [4.69, 9.17) is 10.1 Å². The molecule has 4 rings (SSSR count). The number of aliphatic hydroxyl groups is 1. The van der Waals surface area contributed by atoms with Crippen LogP contribution in [-0.4, -0.2) is 27.0 Å². The Kier molecular flexibility index (Phi) is 4.11. The number of hydrogen-bond acceptors (Lipinski definition) is 3. The van der Waals surface area contributed by atoms with E-state index in [1.807, 2.05) is 35.9 Å². The summed E-state index contributed by atoms with van der Waals surface area (Å²) in [5.41, 5.74) is 5.51. The van der Waals surface area contributed by atoms with Gasteiger partial charge < -0.3 is 9.67 Å². The first-order chi connectivity index (χ1) is 12.7. The summed E-state index contributed by atoms with van der Waals surface area (Å²) in [6.45, 7) is -0.494. The molecular weight excluding hydrogens is 324 g/mol. The molecule has 0 aliphatic heterocycles. The Morgan fingerprint density at radius 3 is 2.27 bits per heavy atom. The van der Waals surface area contributed by atoms with Crippen molar-refractivity contribution >= 4 is 16.8 Å². The number of aryl methyl sites for hydroxylation is 1. The third-order valence-electron chi connectivity index (χ3n) is 4.60. The van der Waals surface area contributed by atoms with E-state index < -0.39 is 6.61 Å². The van der Waals surface area contributed by atoms with E-state index in [2.05, 4.69) is 36.4 Å². The lowest BCUT2D eigenvalue weighted by Gasteiger charge is -2.05. The van der Waals surface area contributed by atoms with Gasteiger partial charge in [-0.05, 0) is 29.3 Å². The SMILES string of the molecule is Cn1c(-c2ccc(-c3ccccc3)cc2)nc2cc(C(=O)CO)ccc21. The first-order valence-corrected chi connectivity index (χ1v) is 8.44.